The number of anilines is 3. The number of rotatable bonds is 7. The second kappa shape index (κ2) is 14.1. The molecule has 0 atom stereocenters. The van der Waals surface area contributed by atoms with Crippen molar-refractivity contribution in [3.05, 3.63) is 224 Å². The Balaban J connectivity index is 1.06. The topological polar surface area (TPSA) is 16.4 Å². The number of para-hydroxylation sites is 2. The van der Waals surface area contributed by atoms with E-state index in [4.69, 9.17) is 4.42 Å². The van der Waals surface area contributed by atoms with E-state index in [1.807, 2.05) is 12.1 Å². The quantitative estimate of drug-likeness (QED) is 0.162. The molecule has 10 aromatic carbocycles. The van der Waals surface area contributed by atoms with Crippen molar-refractivity contribution < 1.29 is 4.42 Å². The highest BCUT2D eigenvalue weighted by atomic mass is 16.3. The molecule has 2 heteroatoms. The number of hydrogen-bond acceptors (Lipinski definition) is 2. The fourth-order valence-corrected chi connectivity index (χ4v) is 8.67. The summed E-state index contributed by atoms with van der Waals surface area (Å²) in [5.74, 6) is 0. The Morgan fingerprint density at radius 3 is 1.57 bits per heavy atom. The van der Waals surface area contributed by atoms with Gasteiger partial charge in [-0.15, -0.1) is 0 Å². The summed E-state index contributed by atoms with van der Waals surface area (Å²) < 4.78 is 6.24. The van der Waals surface area contributed by atoms with E-state index in [1.165, 1.54) is 49.4 Å². The minimum Gasteiger partial charge on any atom is -0.456 e. The van der Waals surface area contributed by atoms with Crippen molar-refractivity contribution in [1.29, 1.82) is 0 Å². The van der Waals surface area contributed by atoms with Crippen molar-refractivity contribution in [2.45, 2.75) is 0 Å². The first-order valence-electron chi connectivity index (χ1n) is 19.8. The van der Waals surface area contributed by atoms with E-state index in [0.717, 1.165) is 55.7 Å². The Morgan fingerprint density at radius 1 is 0.276 bits per heavy atom. The molecule has 1 aromatic heterocycles. The summed E-state index contributed by atoms with van der Waals surface area (Å²) in [7, 11) is 0. The second-order valence-electron chi connectivity index (χ2n) is 14.9. The SMILES string of the molecule is c1cc(-c2cccc(N(c3ccc(-c4cccc5ccccc45)cc3)c3ccccc3-c3ccc4oc5ccccc5c4c3)c2)cc(-c2cccc3ccccc23)c1. The van der Waals surface area contributed by atoms with Crippen LogP contribution in [0.2, 0.25) is 0 Å². The average molecular weight is 740 g/mol. The lowest BCUT2D eigenvalue weighted by atomic mass is 9.95. The molecule has 0 saturated carbocycles. The molecule has 2 nitrogen and oxygen atoms in total. The van der Waals surface area contributed by atoms with Gasteiger partial charge in [0.05, 0.1) is 5.69 Å². The van der Waals surface area contributed by atoms with Crippen LogP contribution in [0.15, 0.2) is 229 Å². The van der Waals surface area contributed by atoms with Gasteiger partial charge in [0.2, 0.25) is 0 Å². The highest BCUT2D eigenvalue weighted by molar-refractivity contribution is 6.07. The van der Waals surface area contributed by atoms with E-state index < -0.39 is 0 Å². The van der Waals surface area contributed by atoms with Gasteiger partial charge >= 0.3 is 0 Å². The van der Waals surface area contributed by atoms with Crippen LogP contribution in [0.4, 0.5) is 17.1 Å². The third kappa shape index (κ3) is 5.91. The first-order valence-corrected chi connectivity index (χ1v) is 19.8. The zero-order valence-electron chi connectivity index (χ0n) is 31.7. The van der Waals surface area contributed by atoms with Gasteiger partial charge in [0.15, 0.2) is 0 Å². The van der Waals surface area contributed by atoms with Gasteiger partial charge in [-0.2, -0.15) is 0 Å². The average Bonchev–Trinajstić information content (AvgIpc) is 3.67. The summed E-state index contributed by atoms with van der Waals surface area (Å²) in [5, 5.41) is 7.22. The smallest absolute Gasteiger partial charge is 0.135 e. The van der Waals surface area contributed by atoms with Gasteiger partial charge in [-0.3, -0.25) is 0 Å². The Labute approximate surface area is 337 Å². The molecule has 0 radical (unpaired) electrons. The van der Waals surface area contributed by atoms with Gasteiger partial charge in [0, 0.05) is 27.7 Å². The Hall–Kier alpha value is -7.68. The predicted molar refractivity (Wildman–Crippen MR) is 245 cm³/mol. The molecule has 11 rings (SSSR count). The van der Waals surface area contributed by atoms with Gasteiger partial charge in [-0.1, -0.05) is 170 Å². The van der Waals surface area contributed by atoms with Gasteiger partial charge in [0.25, 0.3) is 0 Å². The molecule has 58 heavy (non-hydrogen) atoms. The molecule has 0 amide bonds. The van der Waals surface area contributed by atoms with E-state index in [0.29, 0.717) is 0 Å². The number of benzene rings is 10. The lowest BCUT2D eigenvalue weighted by molar-refractivity contribution is 0.669. The molecular formula is C56H37NO. The van der Waals surface area contributed by atoms with Crippen molar-refractivity contribution in [3.63, 3.8) is 0 Å². The zero-order chi connectivity index (χ0) is 38.4. The molecule has 0 fully saturated rings. The third-order valence-corrected chi connectivity index (χ3v) is 11.5. The predicted octanol–water partition coefficient (Wildman–Crippen LogP) is 16.0. The number of nitrogens with zero attached hydrogens (tertiary/aromatic N) is 1. The van der Waals surface area contributed by atoms with Crippen LogP contribution in [-0.2, 0) is 0 Å². The van der Waals surface area contributed by atoms with Crippen molar-refractivity contribution in [3.8, 4) is 44.5 Å². The van der Waals surface area contributed by atoms with E-state index in [2.05, 4.69) is 217 Å². The molecule has 0 unspecified atom stereocenters. The Kier molecular flexibility index (Phi) is 8.19. The Bertz CT molecular complexity index is 3290. The number of fused-ring (bicyclic) bond motifs is 5. The molecular weight excluding hydrogens is 703 g/mol. The van der Waals surface area contributed by atoms with Crippen LogP contribution < -0.4 is 4.90 Å². The van der Waals surface area contributed by atoms with Crippen LogP contribution in [0.1, 0.15) is 0 Å². The van der Waals surface area contributed by atoms with Crippen LogP contribution in [0.25, 0.3) is 88.0 Å². The molecule has 0 bridgehead atoms. The van der Waals surface area contributed by atoms with Gasteiger partial charge in [0.1, 0.15) is 11.2 Å². The van der Waals surface area contributed by atoms with E-state index in [1.54, 1.807) is 0 Å². The molecule has 0 saturated heterocycles. The molecule has 272 valence electrons. The number of furan rings is 1. The number of hydrogen-bond donors (Lipinski definition) is 0. The van der Waals surface area contributed by atoms with Crippen molar-refractivity contribution in [1.82, 2.24) is 0 Å². The summed E-state index contributed by atoms with van der Waals surface area (Å²) >= 11 is 0. The first kappa shape index (κ1) is 33.6. The van der Waals surface area contributed by atoms with Crippen LogP contribution >= 0.6 is 0 Å². The maximum atomic E-state index is 6.24. The van der Waals surface area contributed by atoms with Crippen LogP contribution in [0.5, 0.6) is 0 Å². The largest absolute Gasteiger partial charge is 0.456 e. The molecule has 0 N–H and O–H groups in total. The molecule has 0 aliphatic heterocycles. The monoisotopic (exact) mass is 739 g/mol. The lowest BCUT2D eigenvalue weighted by Crippen LogP contribution is -2.11. The lowest BCUT2D eigenvalue weighted by Gasteiger charge is -2.28. The summed E-state index contributed by atoms with van der Waals surface area (Å²) in [6.07, 6.45) is 0. The van der Waals surface area contributed by atoms with Gasteiger partial charge < -0.3 is 9.32 Å². The summed E-state index contributed by atoms with van der Waals surface area (Å²) in [6, 6.07) is 80.8. The summed E-state index contributed by atoms with van der Waals surface area (Å²) in [4.78, 5) is 2.40. The fraction of sp³-hybridized carbons (Fsp3) is 0. The molecule has 0 aliphatic carbocycles. The normalized spacial score (nSPS) is 11.4. The minimum atomic E-state index is 0.891. The molecule has 0 spiro atoms. The van der Waals surface area contributed by atoms with E-state index >= 15 is 0 Å². The van der Waals surface area contributed by atoms with E-state index in [-0.39, 0.29) is 0 Å². The Morgan fingerprint density at radius 2 is 0.793 bits per heavy atom. The first-order chi connectivity index (χ1) is 28.7. The fourth-order valence-electron chi connectivity index (χ4n) is 8.67. The molecule has 0 aliphatic rings. The highest BCUT2D eigenvalue weighted by Gasteiger charge is 2.19. The van der Waals surface area contributed by atoms with Crippen LogP contribution in [-0.4, -0.2) is 0 Å². The zero-order valence-corrected chi connectivity index (χ0v) is 31.7. The third-order valence-electron chi connectivity index (χ3n) is 11.5. The maximum Gasteiger partial charge on any atom is 0.135 e. The summed E-state index contributed by atoms with van der Waals surface area (Å²) in [5.41, 5.74) is 14.5. The van der Waals surface area contributed by atoms with Crippen LogP contribution in [0, 0.1) is 0 Å². The van der Waals surface area contributed by atoms with Crippen molar-refractivity contribution in [2.75, 3.05) is 4.90 Å². The van der Waals surface area contributed by atoms with Crippen LogP contribution in [0.3, 0.4) is 0 Å². The van der Waals surface area contributed by atoms with Crippen molar-refractivity contribution >= 4 is 60.5 Å². The second-order valence-corrected chi connectivity index (χ2v) is 14.9. The van der Waals surface area contributed by atoms with Crippen molar-refractivity contribution in [2.24, 2.45) is 0 Å². The highest BCUT2D eigenvalue weighted by Crippen LogP contribution is 2.44. The summed E-state index contributed by atoms with van der Waals surface area (Å²) in [6.45, 7) is 0. The van der Waals surface area contributed by atoms with Gasteiger partial charge in [-0.25, -0.2) is 0 Å². The van der Waals surface area contributed by atoms with Gasteiger partial charge in [-0.05, 0) is 115 Å². The van der Waals surface area contributed by atoms with E-state index in [9.17, 15) is 0 Å². The standard InChI is InChI=1S/C56H37NO/c1-3-21-47-38(13-1)15-11-25-49(47)40-29-32-45(33-30-40)57(54-27-7-5-23-51(54)44-31-34-56-53(37-44)52-24-6-8-28-55(52)58-56)46-20-10-18-42(36-46)41-17-9-19-43(35-41)50-26-12-16-39-14-2-4-22-48(39)50/h1-37H. The minimum absolute atomic E-state index is 0.891. The molecule has 11 aromatic rings. The maximum absolute atomic E-state index is 6.24. The molecule has 1 heterocycles.